The van der Waals surface area contributed by atoms with Gasteiger partial charge in [0.15, 0.2) is 23.6 Å². The molecule has 0 amide bonds. The van der Waals surface area contributed by atoms with Gasteiger partial charge in [0, 0.05) is 54.8 Å². The summed E-state index contributed by atoms with van der Waals surface area (Å²) in [5.41, 5.74) is 1.06. The number of rotatable bonds is 15. The zero-order valence-corrected chi connectivity index (χ0v) is 30.8. The number of benzene rings is 2. The Balaban J connectivity index is 1.39. The van der Waals surface area contributed by atoms with E-state index in [9.17, 15) is 4.79 Å². The number of hydrogen-bond donors (Lipinski definition) is 0. The molecule has 0 bridgehead atoms. The van der Waals surface area contributed by atoms with E-state index in [4.69, 9.17) is 66.3 Å². The van der Waals surface area contributed by atoms with Crippen LogP contribution in [0.1, 0.15) is 35.4 Å². The van der Waals surface area contributed by atoms with Crippen LogP contribution in [0.25, 0.3) is 0 Å². The van der Waals surface area contributed by atoms with Crippen molar-refractivity contribution in [1.29, 1.82) is 0 Å². The maximum absolute atomic E-state index is 13.5. The molecule has 3 aliphatic heterocycles. The quantitative estimate of drug-likeness (QED) is 0.265. The Morgan fingerprint density at radius 1 is 0.647 bits per heavy atom. The third kappa shape index (κ3) is 7.92. The van der Waals surface area contributed by atoms with E-state index in [1.54, 1.807) is 74.0 Å². The van der Waals surface area contributed by atoms with Crippen molar-refractivity contribution in [2.24, 2.45) is 0 Å². The molecule has 0 aliphatic carbocycles. The number of ether oxygens (including phenoxy) is 14. The number of Topliss-reactive ketones (excluding diaryl/α,β-unsaturated/α-hetero) is 1. The molecule has 5 rings (SSSR count). The average molecular weight is 723 g/mol. The fraction of sp³-hybridized carbons (Fsp3) is 0.639. The summed E-state index contributed by atoms with van der Waals surface area (Å²) >= 11 is 0. The lowest BCUT2D eigenvalue weighted by atomic mass is 9.95. The van der Waals surface area contributed by atoms with Gasteiger partial charge in [-0.1, -0.05) is 6.07 Å². The molecule has 284 valence electrons. The molecule has 0 unspecified atom stereocenters. The highest BCUT2D eigenvalue weighted by Gasteiger charge is 2.51. The van der Waals surface area contributed by atoms with Gasteiger partial charge < -0.3 is 66.3 Å². The average Bonchev–Trinajstić information content (AvgIpc) is 3.15. The molecule has 2 aromatic rings. The topological polar surface area (TPSA) is 146 Å². The summed E-state index contributed by atoms with van der Waals surface area (Å²) in [6.07, 6.45) is -6.76. The van der Waals surface area contributed by atoms with Crippen molar-refractivity contribution in [2.75, 3.05) is 70.6 Å². The fourth-order valence-corrected chi connectivity index (χ4v) is 7.05. The van der Waals surface area contributed by atoms with Crippen molar-refractivity contribution in [2.45, 2.75) is 80.9 Å². The van der Waals surface area contributed by atoms with Gasteiger partial charge in [0.2, 0.25) is 6.29 Å². The van der Waals surface area contributed by atoms with Crippen molar-refractivity contribution in [3.63, 3.8) is 0 Å². The maximum atomic E-state index is 13.5. The second kappa shape index (κ2) is 17.5. The summed E-state index contributed by atoms with van der Waals surface area (Å²) < 4.78 is 82.9. The van der Waals surface area contributed by atoms with Crippen LogP contribution in [0, 0.1) is 0 Å². The predicted molar refractivity (Wildman–Crippen MR) is 179 cm³/mol. The first kappa shape index (κ1) is 39.0. The largest absolute Gasteiger partial charge is 0.496 e. The molecule has 0 spiro atoms. The number of methoxy groups -OCH3 is 9. The van der Waals surface area contributed by atoms with Gasteiger partial charge in [-0.25, -0.2) is 0 Å². The second-order valence-corrected chi connectivity index (χ2v) is 12.3. The van der Waals surface area contributed by atoms with Crippen molar-refractivity contribution in [3.8, 4) is 28.7 Å². The van der Waals surface area contributed by atoms with Gasteiger partial charge in [-0.05, 0) is 24.6 Å². The van der Waals surface area contributed by atoms with Gasteiger partial charge in [-0.15, -0.1) is 0 Å². The van der Waals surface area contributed by atoms with E-state index in [2.05, 4.69) is 0 Å². The van der Waals surface area contributed by atoms with Gasteiger partial charge in [0.1, 0.15) is 71.6 Å². The van der Waals surface area contributed by atoms with Gasteiger partial charge in [0.05, 0.1) is 40.5 Å². The Labute approximate surface area is 298 Å². The molecular weight excluding hydrogens is 672 g/mol. The first-order valence-electron chi connectivity index (χ1n) is 16.6. The summed E-state index contributed by atoms with van der Waals surface area (Å²) in [6, 6.07) is 8.63. The zero-order valence-electron chi connectivity index (χ0n) is 30.8. The first-order valence-corrected chi connectivity index (χ1v) is 16.6. The highest BCUT2D eigenvalue weighted by molar-refractivity contribution is 6.02. The smallest absolute Gasteiger partial charge is 0.229 e. The van der Waals surface area contributed by atoms with Gasteiger partial charge in [-0.2, -0.15) is 0 Å². The molecule has 3 heterocycles. The lowest BCUT2D eigenvalue weighted by molar-refractivity contribution is -0.329. The Bertz CT molecular complexity index is 1450. The van der Waals surface area contributed by atoms with Crippen molar-refractivity contribution in [1.82, 2.24) is 0 Å². The Morgan fingerprint density at radius 2 is 1.25 bits per heavy atom. The number of fused-ring (bicyclic) bond motifs is 1. The highest BCUT2D eigenvalue weighted by atomic mass is 16.7. The third-order valence-electron chi connectivity index (χ3n) is 9.59. The van der Waals surface area contributed by atoms with E-state index in [-0.39, 0.29) is 36.8 Å². The summed E-state index contributed by atoms with van der Waals surface area (Å²) in [5.74, 6) is 1.82. The third-order valence-corrected chi connectivity index (χ3v) is 9.59. The predicted octanol–water partition coefficient (Wildman–Crippen LogP) is 3.37. The highest BCUT2D eigenvalue weighted by Crippen LogP contribution is 2.44. The van der Waals surface area contributed by atoms with Crippen molar-refractivity contribution >= 4 is 5.78 Å². The standard InChI is InChI=1S/C36H50O15/c1-18-29(41-5)31(43-7)33(45-9)35(48-18)47-17-27-30(42-6)32(44-8)34(46-10)36(51-27)49-20-14-25(40-4)28-21(37)16-23(50-26(28)15-20)19-11-12-22(38-2)24(13-19)39-3/h11-15,18,23,27,29-36H,16-17H2,1-10H3/t18-,23-,27+,29-,30+,31+,32-,33+,34+,35+,36+/m0/s1. The molecule has 15 nitrogen and oxygen atoms in total. The van der Waals surface area contributed by atoms with Crippen molar-refractivity contribution < 1.29 is 71.1 Å². The normalized spacial score (nSPS) is 32.1. The van der Waals surface area contributed by atoms with E-state index in [1.807, 2.05) is 13.0 Å². The SMILES string of the molecule is COc1ccc([C@@H]2CC(=O)c3c(OC)cc(O[C@@H]4O[C@H](CO[C@@H]5O[C@@H](C)[C@H](OC)[C@@H](OC)[C@H]5OC)[C@@H](OC)[C@H](OC)[C@H]4OC)cc3O2)cc1OC. The van der Waals surface area contributed by atoms with Crippen LogP contribution < -0.4 is 23.7 Å². The van der Waals surface area contributed by atoms with E-state index in [1.165, 1.54) is 14.2 Å². The molecule has 0 N–H and O–H groups in total. The van der Waals surface area contributed by atoms with Crippen LogP contribution in [0.15, 0.2) is 30.3 Å². The molecule has 15 heteroatoms. The molecule has 11 atom stereocenters. The van der Waals surface area contributed by atoms with E-state index in [0.717, 1.165) is 5.56 Å². The molecule has 51 heavy (non-hydrogen) atoms. The van der Waals surface area contributed by atoms with Crippen LogP contribution in [0.5, 0.6) is 28.7 Å². The number of ketones is 1. The summed E-state index contributed by atoms with van der Waals surface area (Å²) in [6.45, 7) is 1.89. The van der Waals surface area contributed by atoms with Gasteiger partial charge in [0.25, 0.3) is 0 Å². The summed E-state index contributed by atoms with van der Waals surface area (Å²) in [7, 11) is 14.0. The minimum atomic E-state index is -1.02. The van der Waals surface area contributed by atoms with Crippen LogP contribution in [-0.2, 0) is 42.6 Å². The molecule has 2 aromatic carbocycles. The minimum absolute atomic E-state index is 0.0120. The summed E-state index contributed by atoms with van der Waals surface area (Å²) in [4.78, 5) is 13.5. The van der Waals surface area contributed by atoms with E-state index >= 15 is 0 Å². The second-order valence-electron chi connectivity index (χ2n) is 12.3. The Kier molecular flexibility index (Phi) is 13.4. The molecular formula is C36H50O15. The molecule has 0 radical (unpaired) electrons. The lowest BCUT2D eigenvalue weighted by Crippen LogP contribution is -2.63. The maximum Gasteiger partial charge on any atom is 0.229 e. The van der Waals surface area contributed by atoms with E-state index in [0.29, 0.717) is 28.6 Å². The molecule has 0 saturated carbocycles. The van der Waals surface area contributed by atoms with Crippen LogP contribution in [-0.4, -0.2) is 138 Å². The molecule has 2 fully saturated rings. The minimum Gasteiger partial charge on any atom is -0.496 e. The van der Waals surface area contributed by atoms with Crippen LogP contribution in [0.3, 0.4) is 0 Å². The van der Waals surface area contributed by atoms with Gasteiger partial charge >= 0.3 is 0 Å². The lowest BCUT2D eigenvalue weighted by Gasteiger charge is -2.46. The van der Waals surface area contributed by atoms with Crippen LogP contribution >= 0.6 is 0 Å². The van der Waals surface area contributed by atoms with Crippen LogP contribution in [0.4, 0.5) is 0 Å². The fourth-order valence-electron chi connectivity index (χ4n) is 7.05. The molecule has 3 aliphatic rings. The van der Waals surface area contributed by atoms with Crippen LogP contribution in [0.2, 0.25) is 0 Å². The molecule has 0 aromatic heterocycles. The van der Waals surface area contributed by atoms with Crippen molar-refractivity contribution in [3.05, 3.63) is 41.5 Å². The Hall–Kier alpha value is -3.25. The zero-order chi connectivity index (χ0) is 36.8. The molecule has 2 saturated heterocycles. The number of carbonyl (C=O) groups is 1. The monoisotopic (exact) mass is 722 g/mol. The Morgan fingerprint density at radius 3 is 1.86 bits per heavy atom. The summed E-state index contributed by atoms with van der Waals surface area (Å²) in [5, 5.41) is 0. The number of hydrogen-bond acceptors (Lipinski definition) is 15. The first-order chi connectivity index (χ1) is 24.7. The van der Waals surface area contributed by atoms with E-state index < -0.39 is 55.3 Å². The number of carbonyl (C=O) groups excluding carboxylic acids is 1. The van der Waals surface area contributed by atoms with Gasteiger partial charge in [-0.3, -0.25) is 4.79 Å².